The maximum absolute atomic E-state index is 12.0. The van der Waals surface area contributed by atoms with Crippen LogP contribution in [0.25, 0.3) is 11.4 Å². The van der Waals surface area contributed by atoms with Crippen LogP contribution in [-0.4, -0.2) is 28.0 Å². The summed E-state index contributed by atoms with van der Waals surface area (Å²) in [6.07, 6.45) is -0.594. The minimum atomic E-state index is -0.594. The number of benzene rings is 2. The fourth-order valence-corrected chi connectivity index (χ4v) is 2.42. The molecule has 0 unspecified atom stereocenters. The molecule has 7 nitrogen and oxygen atoms in total. The molecule has 1 amide bonds. The van der Waals surface area contributed by atoms with E-state index < -0.39 is 6.09 Å². The standard InChI is InChI=1S/C19H20N4O3/c1-3-23-17(15-9-11-16(25-2)12-10-15)20-18(22-23)21-19(24)26-13-14-7-5-4-6-8-14/h4-12H,3,13H2,1-2H3,(H,21,22,24). The second-order valence-electron chi connectivity index (χ2n) is 5.49. The number of carbonyl (C=O) groups excluding carboxylic acids is 1. The summed E-state index contributed by atoms with van der Waals surface area (Å²) in [4.78, 5) is 16.4. The van der Waals surface area contributed by atoms with Gasteiger partial charge in [-0.3, -0.25) is 5.32 Å². The SMILES string of the molecule is CCn1nc(NC(=O)OCc2ccccc2)nc1-c1ccc(OC)cc1. The van der Waals surface area contributed by atoms with Crippen LogP contribution in [0.15, 0.2) is 54.6 Å². The first-order valence-electron chi connectivity index (χ1n) is 8.26. The smallest absolute Gasteiger partial charge is 0.414 e. The van der Waals surface area contributed by atoms with Gasteiger partial charge in [0.05, 0.1) is 7.11 Å². The molecule has 0 aliphatic rings. The molecule has 0 atom stereocenters. The fourth-order valence-electron chi connectivity index (χ4n) is 2.42. The van der Waals surface area contributed by atoms with Crippen molar-refractivity contribution in [3.8, 4) is 17.1 Å². The van der Waals surface area contributed by atoms with E-state index in [-0.39, 0.29) is 12.6 Å². The van der Waals surface area contributed by atoms with Gasteiger partial charge in [0.15, 0.2) is 5.82 Å². The van der Waals surface area contributed by atoms with E-state index in [1.807, 2.05) is 61.5 Å². The van der Waals surface area contributed by atoms with Gasteiger partial charge in [-0.1, -0.05) is 30.3 Å². The Labute approximate surface area is 151 Å². The number of nitrogens with zero attached hydrogens (tertiary/aromatic N) is 3. The summed E-state index contributed by atoms with van der Waals surface area (Å²) in [6.45, 7) is 2.76. The average Bonchev–Trinajstić information content (AvgIpc) is 3.10. The lowest BCUT2D eigenvalue weighted by atomic mass is 10.2. The highest BCUT2D eigenvalue weighted by atomic mass is 16.5. The van der Waals surface area contributed by atoms with Gasteiger partial charge in [0, 0.05) is 12.1 Å². The Balaban J connectivity index is 1.68. The number of ether oxygens (including phenoxy) is 2. The number of carbonyl (C=O) groups is 1. The molecule has 2 aromatic carbocycles. The van der Waals surface area contributed by atoms with Crippen molar-refractivity contribution in [1.82, 2.24) is 14.8 Å². The highest BCUT2D eigenvalue weighted by Crippen LogP contribution is 2.22. The predicted octanol–water partition coefficient (Wildman–Crippen LogP) is 3.72. The zero-order valence-electron chi connectivity index (χ0n) is 14.7. The quantitative estimate of drug-likeness (QED) is 0.731. The van der Waals surface area contributed by atoms with Crippen LogP contribution in [0.1, 0.15) is 12.5 Å². The molecule has 1 aromatic heterocycles. The van der Waals surface area contributed by atoms with E-state index in [1.165, 1.54) is 0 Å². The van der Waals surface area contributed by atoms with Gasteiger partial charge in [0.2, 0.25) is 0 Å². The van der Waals surface area contributed by atoms with E-state index in [0.717, 1.165) is 16.9 Å². The third-order valence-electron chi connectivity index (χ3n) is 3.75. The van der Waals surface area contributed by atoms with E-state index >= 15 is 0 Å². The van der Waals surface area contributed by atoms with E-state index in [0.29, 0.717) is 12.4 Å². The summed E-state index contributed by atoms with van der Waals surface area (Å²) in [5.74, 6) is 1.63. The van der Waals surface area contributed by atoms with Crippen LogP contribution < -0.4 is 10.1 Å². The third kappa shape index (κ3) is 4.18. The van der Waals surface area contributed by atoms with Gasteiger partial charge >= 0.3 is 6.09 Å². The maximum atomic E-state index is 12.0. The second kappa shape index (κ2) is 8.15. The molecule has 0 fully saturated rings. The molecule has 0 aliphatic carbocycles. The van der Waals surface area contributed by atoms with Crippen molar-refractivity contribution in [2.75, 3.05) is 12.4 Å². The van der Waals surface area contributed by atoms with Gasteiger partial charge in [-0.15, -0.1) is 5.10 Å². The van der Waals surface area contributed by atoms with Crippen molar-refractivity contribution in [2.45, 2.75) is 20.1 Å². The van der Waals surface area contributed by atoms with Gasteiger partial charge in [-0.2, -0.15) is 4.98 Å². The van der Waals surface area contributed by atoms with Crippen molar-refractivity contribution in [3.05, 3.63) is 60.2 Å². The lowest BCUT2D eigenvalue weighted by Gasteiger charge is -2.04. The topological polar surface area (TPSA) is 78.3 Å². The average molecular weight is 352 g/mol. The molecule has 3 rings (SSSR count). The van der Waals surface area contributed by atoms with Crippen LogP contribution in [0.4, 0.5) is 10.7 Å². The number of methoxy groups -OCH3 is 1. The molecule has 134 valence electrons. The molecule has 0 saturated heterocycles. The molecule has 0 spiro atoms. The minimum absolute atomic E-state index is 0.187. The van der Waals surface area contributed by atoms with E-state index in [2.05, 4.69) is 15.4 Å². The van der Waals surface area contributed by atoms with Crippen molar-refractivity contribution >= 4 is 12.0 Å². The molecule has 7 heteroatoms. The lowest BCUT2D eigenvalue weighted by Crippen LogP contribution is -2.14. The Morgan fingerprint density at radius 1 is 1.12 bits per heavy atom. The van der Waals surface area contributed by atoms with Crippen LogP contribution in [0.3, 0.4) is 0 Å². The van der Waals surface area contributed by atoms with Gasteiger partial charge in [-0.05, 0) is 36.8 Å². The molecular formula is C19H20N4O3. The fraction of sp³-hybridized carbons (Fsp3) is 0.211. The first-order valence-corrected chi connectivity index (χ1v) is 8.26. The van der Waals surface area contributed by atoms with Crippen LogP contribution in [-0.2, 0) is 17.9 Å². The Kier molecular flexibility index (Phi) is 5.48. The molecular weight excluding hydrogens is 332 g/mol. The first-order chi connectivity index (χ1) is 12.7. The Morgan fingerprint density at radius 3 is 2.50 bits per heavy atom. The second-order valence-corrected chi connectivity index (χ2v) is 5.49. The number of rotatable bonds is 6. The van der Waals surface area contributed by atoms with Crippen molar-refractivity contribution in [1.29, 1.82) is 0 Å². The number of aromatic nitrogens is 3. The summed E-state index contributed by atoms with van der Waals surface area (Å²) >= 11 is 0. The van der Waals surface area contributed by atoms with E-state index in [1.54, 1.807) is 11.8 Å². The molecule has 1 N–H and O–H groups in total. The predicted molar refractivity (Wildman–Crippen MR) is 97.9 cm³/mol. The van der Waals surface area contributed by atoms with Gasteiger partial charge < -0.3 is 9.47 Å². The summed E-state index contributed by atoms with van der Waals surface area (Å²) in [7, 11) is 1.62. The van der Waals surface area contributed by atoms with Crippen molar-refractivity contribution in [2.24, 2.45) is 0 Å². The number of nitrogens with one attached hydrogen (secondary N) is 1. The summed E-state index contributed by atoms with van der Waals surface area (Å²) in [5.41, 5.74) is 1.79. The normalized spacial score (nSPS) is 10.4. The summed E-state index contributed by atoms with van der Waals surface area (Å²) < 4.78 is 12.1. The maximum Gasteiger partial charge on any atom is 0.414 e. The van der Waals surface area contributed by atoms with Crippen LogP contribution in [0.2, 0.25) is 0 Å². The molecule has 26 heavy (non-hydrogen) atoms. The third-order valence-corrected chi connectivity index (χ3v) is 3.75. The molecule has 0 saturated carbocycles. The lowest BCUT2D eigenvalue weighted by molar-refractivity contribution is 0.155. The molecule has 0 radical (unpaired) electrons. The zero-order valence-corrected chi connectivity index (χ0v) is 14.7. The number of aryl methyl sites for hydroxylation is 1. The molecule has 0 aliphatic heterocycles. The summed E-state index contributed by atoms with van der Waals surface area (Å²) in [6, 6.07) is 17.0. The highest BCUT2D eigenvalue weighted by Gasteiger charge is 2.14. The Bertz CT molecular complexity index is 860. The van der Waals surface area contributed by atoms with E-state index in [4.69, 9.17) is 9.47 Å². The zero-order chi connectivity index (χ0) is 18.4. The largest absolute Gasteiger partial charge is 0.497 e. The highest BCUT2D eigenvalue weighted by molar-refractivity contribution is 5.82. The van der Waals surface area contributed by atoms with Gasteiger partial charge in [0.1, 0.15) is 12.4 Å². The first kappa shape index (κ1) is 17.5. The van der Waals surface area contributed by atoms with Crippen molar-refractivity contribution < 1.29 is 14.3 Å². The summed E-state index contributed by atoms with van der Waals surface area (Å²) in [5, 5.41) is 6.88. The van der Waals surface area contributed by atoms with Gasteiger partial charge in [0.25, 0.3) is 5.95 Å². The molecule has 1 heterocycles. The van der Waals surface area contributed by atoms with E-state index in [9.17, 15) is 4.79 Å². The Morgan fingerprint density at radius 2 is 1.85 bits per heavy atom. The van der Waals surface area contributed by atoms with Crippen LogP contribution in [0.5, 0.6) is 5.75 Å². The van der Waals surface area contributed by atoms with Crippen LogP contribution in [0, 0.1) is 0 Å². The number of amides is 1. The number of hydrogen-bond acceptors (Lipinski definition) is 5. The molecule has 3 aromatic rings. The van der Waals surface area contributed by atoms with Crippen molar-refractivity contribution in [3.63, 3.8) is 0 Å². The Hall–Kier alpha value is -3.35. The monoisotopic (exact) mass is 352 g/mol. The minimum Gasteiger partial charge on any atom is -0.497 e. The molecule has 0 bridgehead atoms. The number of hydrogen-bond donors (Lipinski definition) is 1. The van der Waals surface area contributed by atoms with Gasteiger partial charge in [-0.25, -0.2) is 9.48 Å². The number of anilines is 1. The van der Waals surface area contributed by atoms with Crippen LogP contribution >= 0.6 is 0 Å².